The van der Waals surface area contributed by atoms with Gasteiger partial charge in [-0.15, -0.1) is 0 Å². The maximum atomic E-state index is 13.3. The molecule has 1 fully saturated rings. The number of amides is 1. The zero-order chi connectivity index (χ0) is 21.6. The first-order valence-electron chi connectivity index (χ1n) is 10.5. The Morgan fingerprint density at radius 1 is 1.23 bits per heavy atom. The standard InChI is InChI=1S/C25H24IN3O2/c1-16-13-19(28-31-16)15-29(2)24(30)21-6-3-5-20-22(14-27-23(20)21)25(11-4-12-25)17-7-9-18(26)10-8-17/h3,5-10,13-14,27H,4,11-12,15H2,1-2H3. The van der Waals surface area contributed by atoms with Crippen molar-refractivity contribution in [3.05, 3.63) is 86.4 Å². The van der Waals surface area contributed by atoms with Crippen LogP contribution >= 0.6 is 22.6 Å². The summed E-state index contributed by atoms with van der Waals surface area (Å²) in [5, 5.41) is 5.15. The number of hydrogen-bond acceptors (Lipinski definition) is 3. The zero-order valence-corrected chi connectivity index (χ0v) is 19.8. The van der Waals surface area contributed by atoms with Gasteiger partial charge < -0.3 is 14.4 Å². The van der Waals surface area contributed by atoms with Crippen LogP contribution in [0.15, 0.2) is 59.3 Å². The number of rotatable bonds is 5. The number of aromatic amines is 1. The maximum Gasteiger partial charge on any atom is 0.256 e. The lowest BCUT2D eigenvalue weighted by Crippen LogP contribution is -2.35. The fourth-order valence-electron chi connectivity index (χ4n) is 4.75. The van der Waals surface area contributed by atoms with E-state index in [9.17, 15) is 4.79 Å². The van der Waals surface area contributed by atoms with Gasteiger partial charge in [-0.3, -0.25) is 4.79 Å². The lowest BCUT2D eigenvalue weighted by atomic mass is 9.60. The number of aryl methyl sites for hydroxylation is 1. The normalized spacial score (nSPS) is 15.1. The first-order valence-corrected chi connectivity index (χ1v) is 11.6. The van der Waals surface area contributed by atoms with Gasteiger partial charge in [-0.25, -0.2) is 0 Å². The molecule has 0 aliphatic heterocycles. The third kappa shape index (κ3) is 3.46. The van der Waals surface area contributed by atoms with Crippen molar-refractivity contribution in [1.82, 2.24) is 15.0 Å². The number of carbonyl (C=O) groups excluding carboxylic acids is 1. The van der Waals surface area contributed by atoms with Crippen molar-refractivity contribution in [1.29, 1.82) is 0 Å². The van der Waals surface area contributed by atoms with E-state index in [2.05, 4.69) is 69.3 Å². The molecule has 1 aliphatic carbocycles. The molecule has 158 valence electrons. The van der Waals surface area contributed by atoms with Crippen LogP contribution in [0.5, 0.6) is 0 Å². The largest absolute Gasteiger partial charge is 0.361 e. The molecule has 1 aliphatic rings. The van der Waals surface area contributed by atoms with Gasteiger partial charge >= 0.3 is 0 Å². The summed E-state index contributed by atoms with van der Waals surface area (Å²) in [7, 11) is 1.80. The highest BCUT2D eigenvalue weighted by atomic mass is 127. The molecule has 2 aromatic carbocycles. The van der Waals surface area contributed by atoms with Crippen LogP contribution in [0.2, 0.25) is 0 Å². The minimum absolute atomic E-state index is 0.0222. The first kappa shape index (κ1) is 20.3. The predicted molar refractivity (Wildman–Crippen MR) is 129 cm³/mol. The van der Waals surface area contributed by atoms with E-state index in [0.717, 1.165) is 35.2 Å². The molecule has 5 nitrogen and oxygen atoms in total. The fraction of sp³-hybridized carbons (Fsp3) is 0.280. The summed E-state index contributed by atoms with van der Waals surface area (Å²) >= 11 is 2.35. The molecule has 31 heavy (non-hydrogen) atoms. The van der Waals surface area contributed by atoms with Gasteiger partial charge in [-0.05, 0) is 71.7 Å². The second-order valence-electron chi connectivity index (χ2n) is 8.46. The molecule has 1 amide bonds. The Hall–Kier alpha value is -2.61. The molecule has 6 heteroatoms. The number of nitrogens with one attached hydrogen (secondary N) is 1. The molecule has 0 saturated heterocycles. The molecule has 1 N–H and O–H groups in total. The van der Waals surface area contributed by atoms with E-state index in [4.69, 9.17) is 4.52 Å². The van der Waals surface area contributed by atoms with Crippen molar-refractivity contribution in [3.63, 3.8) is 0 Å². The van der Waals surface area contributed by atoms with Gasteiger partial charge in [0.1, 0.15) is 11.5 Å². The van der Waals surface area contributed by atoms with Crippen LogP contribution in [0.4, 0.5) is 0 Å². The number of hydrogen-bond donors (Lipinski definition) is 1. The third-order valence-electron chi connectivity index (χ3n) is 6.49. The molecule has 4 aromatic rings. The fourth-order valence-corrected chi connectivity index (χ4v) is 5.11. The Morgan fingerprint density at radius 2 is 2.00 bits per heavy atom. The van der Waals surface area contributed by atoms with Crippen LogP contribution in [0.3, 0.4) is 0 Å². The number of H-pyrrole nitrogens is 1. The molecule has 2 aromatic heterocycles. The minimum Gasteiger partial charge on any atom is -0.361 e. The molecular weight excluding hydrogens is 501 g/mol. The summed E-state index contributed by atoms with van der Waals surface area (Å²) in [6.07, 6.45) is 5.59. The van der Waals surface area contributed by atoms with E-state index < -0.39 is 0 Å². The number of nitrogens with zero attached hydrogens (tertiary/aromatic N) is 2. The number of halogens is 1. The van der Waals surface area contributed by atoms with Gasteiger partial charge in [0.25, 0.3) is 5.91 Å². The SMILES string of the molecule is Cc1cc(CN(C)C(=O)c2cccc3c(C4(c5ccc(I)cc5)CCC4)c[nH]c23)no1. The van der Waals surface area contributed by atoms with E-state index in [1.807, 2.05) is 25.1 Å². The number of benzene rings is 2. The van der Waals surface area contributed by atoms with Crippen LogP contribution in [-0.4, -0.2) is 28.0 Å². The zero-order valence-electron chi connectivity index (χ0n) is 17.6. The second-order valence-corrected chi connectivity index (χ2v) is 9.71. The van der Waals surface area contributed by atoms with Gasteiger partial charge in [-0.2, -0.15) is 0 Å². The van der Waals surface area contributed by atoms with Crippen LogP contribution in [0, 0.1) is 10.5 Å². The van der Waals surface area contributed by atoms with E-state index >= 15 is 0 Å². The smallest absolute Gasteiger partial charge is 0.256 e. The van der Waals surface area contributed by atoms with Gasteiger partial charge in [0.2, 0.25) is 0 Å². The molecular formula is C25H24IN3O2. The van der Waals surface area contributed by atoms with Gasteiger partial charge in [0, 0.05) is 33.7 Å². The minimum atomic E-state index is -0.0309. The number of fused-ring (bicyclic) bond motifs is 1. The summed E-state index contributed by atoms with van der Waals surface area (Å²) in [4.78, 5) is 18.4. The van der Waals surface area contributed by atoms with Crippen molar-refractivity contribution < 1.29 is 9.32 Å². The van der Waals surface area contributed by atoms with E-state index in [1.165, 1.54) is 21.1 Å². The molecule has 5 rings (SSSR count). The van der Waals surface area contributed by atoms with E-state index in [-0.39, 0.29) is 11.3 Å². The molecule has 0 bridgehead atoms. The lowest BCUT2D eigenvalue weighted by Gasteiger charge is -2.42. The highest BCUT2D eigenvalue weighted by Crippen LogP contribution is 2.51. The molecule has 1 saturated carbocycles. The molecule has 0 atom stereocenters. The maximum absolute atomic E-state index is 13.3. The summed E-state index contributed by atoms with van der Waals surface area (Å²) in [6, 6.07) is 16.7. The highest BCUT2D eigenvalue weighted by molar-refractivity contribution is 14.1. The highest BCUT2D eigenvalue weighted by Gasteiger charge is 2.42. The average molecular weight is 525 g/mol. The predicted octanol–water partition coefficient (Wildman–Crippen LogP) is 5.81. The molecule has 0 spiro atoms. The van der Waals surface area contributed by atoms with E-state index in [1.54, 1.807) is 11.9 Å². The summed E-state index contributed by atoms with van der Waals surface area (Å²) in [5.41, 5.74) is 5.01. The monoisotopic (exact) mass is 525 g/mol. The van der Waals surface area contributed by atoms with Crippen molar-refractivity contribution in [2.45, 2.75) is 38.1 Å². The van der Waals surface area contributed by atoms with Gasteiger partial charge in [-0.1, -0.05) is 35.8 Å². The average Bonchev–Trinajstić information content (AvgIpc) is 3.34. The first-order chi connectivity index (χ1) is 15.0. The van der Waals surface area contributed by atoms with Crippen molar-refractivity contribution in [2.24, 2.45) is 0 Å². The quantitative estimate of drug-likeness (QED) is 0.335. The van der Waals surface area contributed by atoms with Crippen molar-refractivity contribution in [3.8, 4) is 0 Å². The van der Waals surface area contributed by atoms with Crippen LogP contribution in [0.1, 0.15) is 52.2 Å². The Balaban J connectivity index is 1.51. The summed E-state index contributed by atoms with van der Waals surface area (Å²) in [6.45, 7) is 2.26. The Labute approximate surface area is 194 Å². The number of carbonyl (C=O) groups is 1. The molecule has 2 heterocycles. The molecule has 0 unspecified atom stereocenters. The Kier molecular flexibility index (Phi) is 5.12. The van der Waals surface area contributed by atoms with Crippen molar-refractivity contribution in [2.75, 3.05) is 7.05 Å². The number of aromatic nitrogens is 2. The van der Waals surface area contributed by atoms with Gasteiger partial charge in [0.15, 0.2) is 0 Å². The summed E-state index contributed by atoms with van der Waals surface area (Å²) < 4.78 is 6.38. The topological polar surface area (TPSA) is 62.1 Å². The second kappa shape index (κ2) is 7.82. The van der Waals surface area contributed by atoms with E-state index in [0.29, 0.717) is 12.1 Å². The van der Waals surface area contributed by atoms with Crippen LogP contribution in [-0.2, 0) is 12.0 Å². The lowest BCUT2D eigenvalue weighted by molar-refractivity contribution is 0.0784. The Bertz CT molecular complexity index is 1250. The van der Waals surface area contributed by atoms with Crippen LogP contribution < -0.4 is 0 Å². The Morgan fingerprint density at radius 3 is 2.65 bits per heavy atom. The van der Waals surface area contributed by atoms with Crippen LogP contribution in [0.25, 0.3) is 10.9 Å². The summed E-state index contributed by atoms with van der Waals surface area (Å²) in [5.74, 6) is 0.713. The third-order valence-corrected chi connectivity index (χ3v) is 7.21. The number of para-hydroxylation sites is 1. The molecule has 0 radical (unpaired) electrons. The van der Waals surface area contributed by atoms with Crippen molar-refractivity contribution >= 4 is 39.4 Å². The van der Waals surface area contributed by atoms with Gasteiger partial charge in [0.05, 0.1) is 17.6 Å².